The Labute approximate surface area is 136 Å². The molecule has 0 unspecified atom stereocenters. The SMILES string of the molecule is O=C(N1CCOCC1)N1CCN(Cc2cccc(Cl)c2)CC1. The predicted octanol–water partition coefficient (Wildman–Crippen LogP) is 1.91. The highest BCUT2D eigenvalue weighted by Gasteiger charge is 2.26. The molecule has 2 fully saturated rings. The minimum Gasteiger partial charge on any atom is -0.378 e. The number of halogens is 1. The Balaban J connectivity index is 1.48. The first-order valence-corrected chi connectivity index (χ1v) is 8.18. The van der Waals surface area contributed by atoms with Crippen LogP contribution in [0, 0.1) is 0 Å². The highest BCUT2D eigenvalue weighted by molar-refractivity contribution is 6.30. The van der Waals surface area contributed by atoms with Gasteiger partial charge in [-0.1, -0.05) is 23.7 Å². The lowest BCUT2D eigenvalue weighted by Crippen LogP contribution is -2.54. The Morgan fingerprint density at radius 3 is 2.41 bits per heavy atom. The van der Waals surface area contributed by atoms with Crippen molar-refractivity contribution in [3.63, 3.8) is 0 Å². The Kier molecular flexibility index (Phi) is 5.18. The van der Waals surface area contributed by atoms with Crippen LogP contribution in [0.15, 0.2) is 24.3 Å². The zero-order valence-corrected chi connectivity index (χ0v) is 13.5. The van der Waals surface area contributed by atoms with Crippen molar-refractivity contribution in [2.45, 2.75) is 6.54 Å². The standard InChI is InChI=1S/C16H22ClN3O2/c17-15-3-1-2-14(12-15)13-18-4-6-19(7-5-18)16(21)20-8-10-22-11-9-20/h1-3,12H,4-11,13H2. The van der Waals surface area contributed by atoms with E-state index in [2.05, 4.69) is 11.0 Å². The smallest absolute Gasteiger partial charge is 0.320 e. The van der Waals surface area contributed by atoms with Gasteiger partial charge in [0.1, 0.15) is 0 Å². The summed E-state index contributed by atoms with van der Waals surface area (Å²) in [6, 6.07) is 8.13. The third-order valence-corrected chi connectivity index (χ3v) is 4.45. The molecule has 0 spiro atoms. The van der Waals surface area contributed by atoms with Gasteiger partial charge in [0, 0.05) is 50.8 Å². The van der Waals surface area contributed by atoms with E-state index in [1.165, 1.54) is 5.56 Å². The van der Waals surface area contributed by atoms with Crippen molar-refractivity contribution in [1.29, 1.82) is 0 Å². The van der Waals surface area contributed by atoms with Crippen molar-refractivity contribution in [1.82, 2.24) is 14.7 Å². The van der Waals surface area contributed by atoms with E-state index in [9.17, 15) is 4.79 Å². The van der Waals surface area contributed by atoms with Crippen LogP contribution in [0.1, 0.15) is 5.56 Å². The molecule has 1 aromatic carbocycles. The summed E-state index contributed by atoms with van der Waals surface area (Å²) in [6.07, 6.45) is 0. The van der Waals surface area contributed by atoms with Gasteiger partial charge in [0.25, 0.3) is 0 Å². The summed E-state index contributed by atoms with van der Waals surface area (Å²) in [5, 5.41) is 0.777. The number of hydrogen-bond acceptors (Lipinski definition) is 3. The fourth-order valence-electron chi connectivity index (χ4n) is 2.95. The van der Waals surface area contributed by atoms with E-state index in [0.717, 1.165) is 37.7 Å². The minimum absolute atomic E-state index is 0.158. The van der Waals surface area contributed by atoms with Crippen LogP contribution >= 0.6 is 11.6 Å². The molecule has 0 aliphatic carbocycles. The number of rotatable bonds is 2. The van der Waals surface area contributed by atoms with E-state index in [4.69, 9.17) is 16.3 Å². The van der Waals surface area contributed by atoms with Gasteiger partial charge in [-0.3, -0.25) is 4.90 Å². The zero-order chi connectivity index (χ0) is 15.4. The van der Waals surface area contributed by atoms with Crippen molar-refractivity contribution < 1.29 is 9.53 Å². The van der Waals surface area contributed by atoms with Gasteiger partial charge in [-0.15, -0.1) is 0 Å². The second-order valence-electron chi connectivity index (χ2n) is 5.78. The fourth-order valence-corrected chi connectivity index (χ4v) is 3.16. The van der Waals surface area contributed by atoms with E-state index in [-0.39, 0.29) is 6.03 Å². The van der Waals surface area contributed by atoms with Crippen molar-refractivity contribution in [3.8, 4) is 0 Å². The summed E-state index contributed by atoms with van der Waals surface area (Å²) in [4.78, 5) is 18.6. The summed E-state index contributed by atoms with van der Waals surface area (Å²) in [5.74, 6) is 0. The first-order chi connectivity index (χ1) is 10.7. The molecule has 2 aliphatic heterocycles. The average Bonchev–Trinajstić information content (AvgIpc) is 2.56. The largest absolute Gasteiger partial charge is 0.378 e. The topological polar surface area (TPSA) is 36.0 Å². The lowest BCUT2D eigenvalue weighted by molar-refractivity contribution is 0.0373. The highest BCUT2D eigenvalue weighted by Crippen LogP contribution is 2.14. The monoisotopic (exact) mass is 323 g/mol. The normalized spacial score (nSPS) is 20.2. The number of nitrogens with zero attached hydrogens (tertiary/aromatic N) is 3. The predicted molar refractivity (Wildman–Crippen MR) is 86.1 cm³/mol. The summed E-state index contributed by atoms with van der Waals surface area (Å²) < 4.78 is 5.30. The van der Waals surface area contributed by atoms with Crippen LogP contribution < -0.4 is 0 Å². The molecule has 1 aromatic rings. The molecule has 22 heavy (non-hydrogen) atoms. The molecule has 0 aromatic heterocycles. The molecule has 0 N–H and O–H groups in total. The van der Waals surface area contributed by atoms with Crippen LogP contribution in [-0.4, -0.2) is 73.2 Å². The molecule has 0 bridgehead atoms. The zero-order valence-electron chi connectivity index (χ0n) is 12.7. The number of amides is 2. The Morgan fingerprint density at radius 2 is 1.73 bits per heavy atom. The number of morpholine rings is 1. The maximum atomic E-state index is 12.4. The van der Waals surface area contributed by atoms with Crippen LogP contribution in [0.5, 0.6) is 0 Å². The van der Waals surface area contributed by atoms with Crippen LogP contribution in [0.2, 0.25) is 5.02 Å². The van der Waals surface area contributed by atoms with Gasteiger partial charge in [-0.25, -0.2) is 4.79 Å². The molecule has 3 rings (SSSR count). The molecule has 120 valence electrons. The van der Waals surface area contributed by atoms with Gasteiger partial charge in [0.05, 0.1) is 13.2 Å². The number of ether oxygens (including phenoxy) is 1. The van der Waals surface area contributed by atoms with Crippen LogP contribution in [-0.2, 0) is 11.3 Å². The fraction of sp³-hybridized carbons (Fsp3) is 0.562. The molecule has 2 saturated heterocycles. The summed E-state index contributed by atoms with van der Waals surface area (Å²) >= 11 is 6.03. The van der Waals surface area contributed by atoms with Gasteiger partial charge < -0.3 is 14.5 Å². The molecule has 2 aliphatic rings. The van der Waals surface area contributed by atoms with E-state index in [1.54, 1.807) is 0 Å². The Bertz CT molecular complexity index is 512. The Morgan fingerprint density at radius 1 is 1.05 bits per heavy atom. The number of carbonyl (C=O) groups is 1. The van der Waals surface area contributed by atoms with Crippen molar-refractivity contribution in [2.24, 2.45) is 0 Å². The number of carbonyl (C=O) groups excluding carboxylic acids is 1. The maximum absolute atomic E-state index is 12.4. The second kappa shape index (κ2) is 7.31. The van der Waals surface area contributed by atoms with Crippen molar-refractivity contribution in [3.05, 3.63) is 34.9 Å². The molecular formula is C16H22ClN3O2. The maximum Gasteiger partial charge on any atom is 0.320 e. The molecule has 0 saturated carbocycles. The molecule has 6 heteroatoms. The van der Waals surface area contributed by atoms with Gasteiger partial charge >= 0.3 is 6.03 Å². The molecule has 5 nitrogen and oxygen atoms in total. The van der Waals surface area contributed by atoms with E-state index >= 15 is 0 Å². The van der Waals surface area contributed by atoms with E-state index < -0.39 is 0 Å². The summed E-state index contributed by atoms with van der Waals surface area (Å²) in [6.45, 7) is 7.00. The number of urea groups is 1. The molecule has 2 amide bonds. The van der Waals surface area contributed by atoms with Crippen molar-refractivity contribution in [2.75, 3.05) is 52.5 Å². The van der Waals surface area contributed by atoms with Crippen molar-refractivity contribution >= 4 is 17.6 Å². The number of piperazine rings is 1. The lowest BCUT2D eigenvalue weighted by Gasteiger charge is -2.38. The van der Waals surface area contributed by atoms with Gasteiger partial charge in [-0.05, 0) is 17.7 Å². The van der Waals surface area contributed by atoms with Crippen LogP contribution in [0.4, 0.5) is 4.79 Å². The second-order valence-corrected chi connectivity index (χ2v) is 6.21. The van der Waals surface area contributed by atoms with Gasteiger partial charge in [0.2, 0.25) is 0 Å². The average molecular weight is 324 g/mol. The first kappa shape index (κ1) is 15.6. The highest BCUT2D eigenvalue weighted by atomic mass is 35.5. The molecule has 0 radical (unpaired) electrons. The summed E-state index contributed by atoms with van der Waals surface area (Å²) in [5.41, 5.74) is 1.22. The minimum atomic E-state index is 0.158. The quantitative estimate of drug-likeness (QED) is 0.834. The Hall–Kier alpha value is -1.30. The van der Waals surface area contributed by atoms with Gasteiger partial charge in [0.15, 0.2) is 0 Å². The van der Waals surface area contributed by atoms with Crippen LogP contribution in [0.25, 0.3) is 0 Å². The number of benzene rings is 1. The molecular weight excluding hydrogens is 302 g/mol. The lowest BCUT2D eigenvalue weighted by atomic mass is 10.2. The first-order valence-electron chi connectivity index (χ1n) is 7.81. The summed E-state index contributed by atoms with van der Waals surface area (Å²) in [7, 11) is 0. The molecule has 2 heterocycles. The molecule has 0 atom stereocenters. The number of hydrogen-bond donors (Lipinski definition) is 0. The third kappa shape index (κ3) is 3.91. The van der Waals surface area contributed by atoms with Crippen LogP contribution in [0.3, 0.4) is 0 Å². The van der Waals surface area contributed by atoms with E-state index in [1.807, 2.05) is 28.0 Å². The van der Waals surface area contributed by atoms with E-state index in [0.29, 0.717) is 26.3 Å². The van der Waals surface area contributed by atoms with Gasteiger partial charge in [-0.2, -0.15) is 0 Å². The third-order valence-electron chi connectivity index (χ3n) is 4.22.